The largest absolute Gasteiger partial charge is 0.385 e. The first-order valence-electron chi connectivity index (χ1n) is 8.11. The van der Waals surface area contributed by atoms with Crippen LogP contribution in [0.5, 0.6) is 0 Å². The van der Waals surface area contributed by atoms with Gasteiger partial charge in [0.1, 0.15) is 0 Å². The number of hydrogen-bond acceptors (Lipinski definition) is 2. The Morgan fingerprint density at radius 1 is 1.24 bits per heavy atom. The van der Waals surface area contributed by atoms with Gasteiger partial charge in [-0.15, -0.1) is 0 Å². The van der Waals surface area contributed by atoms with E-state index >= 15 is 0 Å². The van der Waals surface area contributed by atoms with Gasteiger partial charge in [-0.2, -0.15) is 0 Å². The second kappa shape index (κ2) is 8.55. The van der Waals surface area contributed by atoms with Gasteiger partial charge in [0.2, 0.25) is 0 Å². The molecule has 2 heteroatoms. The number of benzene rings is 1. The van der Waals surface area contributed by atoms with Crippen molar-refractivity contribution in [1.29, 1.82) is 0 Å². The molecular weight excluding hydrogens is 258 g/mol. The van der Waals surface area contributed by atoms with Crippen molar-refractivity contribution in [1.82, 2.24) is 5.32 Å². The van der Waals surface area contributed by atoms with E-state index in [1.165, 1.54) is 11.1 Å². The minimum absolute atomic E-state index is 0.172. The summed E-state index contributed by atoms with van der Waals surface area (Å²) in [6.45, 7) is 13.1. The fourth-order valence-electron chi connectivity index (χ4n) is 2.59. The molecule has 2 nitrogen and oxygen atoms in total. The summed E-state index contributed by atoms with van der Waals surface area (Å²) in [7, 11) is 1.79. The first-order valence-corrected chi connectivity index (χ1v) is 8.11. The highest BCUT2D eigenvalue weighted by Gasteiger charge is 2.20. The lowest BCUT2D eigenvalue weighted by Gasteiger charge is -2.29. The topological polar surface area (TPSA) is 21.3 Å². The quantitative estimate of drug-likeness (QED) is 0.774. The number of nitrogens with one attached hydrogen (secondary N) is 1. The number of hydrogen-bond donors (Lipinski definition) is 1. The Balaban J connectivity index is 2.70. The lowest BCUT2D eigenvalue weighted by atomic mass is 9.85. The molecule has 0 radical (unpaired) electrons. The van der Waals surface area contributed by atoms with Crippen LogP contribution in [0.15, 0.2) is 24.3 Å². The Morgan fingerprint density at radius 3 is 2.52 bits per heavy atom. The average molecular weight is 291 g/mol. The number of rotatable bonds is 8. The van der Waals surface area contributed by atoms with Crippen LogP contribution < -0.4 is 5.32 Å². The standard InChI is InChI=1S/C19H33NO/c1-15-8-7-9-17(12-15)13-18(14-20-19(3,4)5)16(2)10-11-21-6/h7-9,12,16,18,20H,10-11,13-14H2,1-6H3. The van der Waals surface area contributed by atoms with E-state index in [9.17, 15) is 0 Å². The molecule has 120 valence electrons. The zero-order valence-corrected chi connectivity index (χ0v) is 14.7. The SMILES string of the molecule is COCCC(C)C(CNC(C)(C)C)Cc1cccc(C)c1. The van der Waals surface area contributed by atoms with Crippen molar-refractivity contribution in [2.24, 2.45) is 11.8 Å². The fraction of sp³-hybridized carbons (Fsp3) is 0.684. The van der Waals surface area contributed by atoms with Gasteiger partial charge in [-0.25, -0.2) is 0 Å². The summed E-state index contributed by atoms with van der Waals surface area (Å²) in [6, 6.07) is 8.90. The molecule has 1 rings (SSSR count). The predicted octanol–water partition coefficient (Wildman–Crippen LogP) is 4.21. The monoisotopic (exact) mass is 291 g/mol. The van der Waals surface area contributed by atoms with Crippen LogP contribution in [0.4, 0.5) is 0 Å². The summed E-state index contributed by atoms with van der Waals surface area (Å²) in [6.07, 6.45) is 2.26. The molecule has 2 atom stereocenters. The lowest BCUT2D eigenvalue weighted by Crippen LogP contribution is -2.41. The fourth-order valence-corrected chi connectivity index (χ4v) is 2.59. The summed E-state index contributed by atoms with van der Waals surface area (Å²) >= 11 is 0. The van der Waals surface area contributed by atoms with Crippen LogP contribution in [0.1, 0.15) is 45.2 Å². The van der Waals surface area contributed by atoms with E-state index in [1.807, 2.05) is 0 Å². The van der Waals surface area contributed by atoms with Gasteiger partial charge in [-0.05, 0) is 64.5 Å². The molecule has 0 saturated carbocycles. The summed E-state index contributed by atoms with van der Waals surface area (Å²) < 4.78 is 5.26. The van der Waals surface area contributed by atoms with Crippen molar-refractivity contribution >= 4 is 0 Å². The number of ether oxygens (including phenoxy) is 1. The van der Waals surface area contributed by atoms with Gasteiger partial charge < -0.3 is 10.1 Å². The normalized spacial score (nSPS) is 15.0. The Hall–Kier alpha value is -0.860. The van der Waals surface area contributed by atoms with Gasteiger partial charge in [0.05, 0.1) is 0 Å². The van der Waals surface area contributed by atoms with Gasteiger partial charge in [-0.3, -0.25) is 0 Å². The number of aryl methyl sites for hydroxylation is 1. The van der Waals surface area contributed by atoms with Crippen LogP contribution in [0, 0.1) is 18.8 Å². The van der Waals surface area contributed by atoms with E-state index in [-0.39, 0.29) is 5.54 Å². The van der Waals surface area contributed by atoms with Crippen molar-refractivity contribution in [3.63, 3.8) is 0 Å². The van der Waals surface area contributed by atoms with E-state index in [0.29, 0.717) is 11.8 Å². The highest BCUT2D eigenvalue weighted by Crippen LogP contribution is 2.21. The zero-order chi connectivity index (χ0) is 15.9. The molecule has 0 aliphatic carbocycles. The first kappa shape index (κ1) is 18.2. The molecule has 2 unspecified atom stereocenters. The summed E-state index contributed by atoms with van der Waals surface area (Å²) in [5, 5.41) is 3.67. The molecule has 0 aromatic heterocycles. The second-order valence-electron chi connectivity index (χ2n) is 7.34. The van der Waals surface area contributed by atoms with Crippen molar-refractivity contribution in [2.75, 3.05) is 20.3 Å². The summed E-state index contributed by atoms with van der Waals surface area (Å²) in [5.74, 6) is 1.29. The molecule has 0 amide bonds. The molecule has 21 heavy (non-hydrogen) atoms. The van der Waals surface area contributed by atoms with Gasteiger partial charge in [0.15, 0.2) is 0 Å². The molecule has 1 aromatic carbocycles. The van der Waals surface area contributed by atoms with Crippen LogP contribution in [0.3, 0.4) is 0 Å². The van der Waals surface area contributed by atoms with Crippen LogP contribution >= 0.6 is 0 Å². The summed E-state index contributed by atoms with van der Waals surface area (Å²) in [5.41, 5.74) is 2.96. The maximum absolute atomic E-state index is 5.26. The number of methoxy groups -OCH3 is 1. The van der Waals surface area contributed by atoms with Crippen molar-refractivity contribution < 1.29 is 4.74 Å². The van der Waals surface area contributed by atoms with E-state index in [4.69, 9.17) is 4.74 Å². The molecule has 0 bridgehead atoms. The van der Waals surface area contributed by atoms with Gasteiger partial charge in [-0.1, -0.05) is 36.8 Å². The molecule has 0 aliphatic rings. The molecule has 0 fully saturated rings. The highest BCUT2D eigenvalue weighted by molar-refractivity contribution is 5.22. The first-order chi connectivity index (χ1) is 9.81. The maximum Gasteiger partial charge on any atom is 0.0464 e. The molecule has 0 spiro atoms. The average Bonchev–Trinajstić information content (AvgIpc) is 2.39. The minimum atomic E-state index is 0.172. The smallest absolute Gasteiger partial charge is 0.0464 e. The van der Waals surface area contributed by atoms with Crippen LogP contribution in [-0.2, 0) is 11.2 Å². The third-order valence-corrected chi connectivity index (χ3v) is 4.06. The Morgan fingerprint density at radius 2 is 1.95 bits per heavy atom. The van der Waals surface area contributed by atoms with Crippen LogP contribution in [0.25, 0.3) is 0 Å². The van der Waals surface area contributed by atoms with Crippen LogP contribution in [0.2, 0.25) is 0 Å². The summed E-state index contributed by atoms with van der Waals surface area (Å²) in [4.78, 5) is 0. The zero-order valence-electron chi connectivity index (χ0n) is 14.7. The van der Waals surface area contributed by atoms with Crippen molar-refractivity contribution in [2.45, 2.75) is 53.0 Å². The molecule has 0 saturated heterocycles. The highest BCUT2D eigenvalue weighted by atomic mass is 16.5. The predicted molar refractivity (Wildman–Crippen MR) is 91.8 cm³/mol. The van der Waals surface area contributed by atoms with E-state index < -0.39 is 0 Å². The van der Waals surface area contributed by atoms with Gasteiger partial charge >= 0.3 is 0 Å². The maximum atomic E-state index is 5.26. The van der Waals surface area contributed by atoms with Crippen LogP contribution in [-0.4, -0.2) is 25.8 Å². The Bertz CT molecular complexity index is 408. The van der Waals surface area contributed by atoms with E-state index in [1.54, 1.807) is 7.11 Å². The Labute approximate surface area is 131 Å². The minimum Gasteiger partial charge on any atom is -0.385 e. The molecule has 0 aliphatic heterocycles. The molecule has 0 heterocycles. The third kappa shape index (κ3) is 7.63. The third-order valence-electron chi connectivity index (χ3n) is 4.06. The van der Waals surface area contributed by atoms with Gasteiger partial charge in [0.25, 0.3) is 0 Å². The van der Waals surface area contributed by atoms with Gasteiger partial charge in [0, 0.05) is 19.3 Å². The molecule has 1 N–H and O–H groups in total. The second-order valence-corrected chi connectivity index (χ2v) is 7.34. The van der Waals surface area contributed by atoms with E-state index in [0.717, 1.165) is 26.0 Å². The van der Waals surface area contributed by atoms with E-state index in [2.05, 4.69) is 64.2 Å². The molecule has 1 aromatic rings. The Kier molecular flexibility index (Phi) is 7.41. The lowest BCUT2D eigenvalue weighted by molar-refractivity contribution is 0.161. The van der Waals surface area contributed by atoms with Crippen molar-refractivity contribution in [3.05, 3.63) is 35.4 Å². The van der Waals surface area contributed by atoms with Crippen molar-refractivity contribution in [3.8, 4) is 0 Å². The molecular formula is C19H33NO.